The Morgan fingerprint density at radius 1 is 1.13 bits per heavy atom. The van der Waals surface area contributed by atoms with Crippen LogP contribution in [0.5, 0.6) is 0 Å². The second-order valence-corrected chi connectivity index (χ2v) is 6.90. The minimum absolute atomic E-state index is 0.324. The number of ketones is 1. The Labute approximate surface area is 139 Å². The van der Waals surface area contributed by atoms with Crippen LogP contribution in [-0.4, -0.2) is 10.8 Å². The Balaban J connectivity index is 1.65. The van der Waals surface area contributed by atoms with Crippen LogP contribution in [0.2, 0.25) is 0 Å². The summed E-state index contributed by atoms with van der Waals surface area (Å²) in [4.78, 5) is 16.7. The van der Waals surface area contributed by atoms with Crippen molar-refractivity contribution in [3.63, 3.8) is 0 Å². The lowest BCUT2D eigenvalue weighted by Gasteiger charge is -2.18. The Morgan fingerprint density at radius 2 is 2.00 bits per heavy atom. The van der Waals surface area contributed by atoms with Gasteiger partial charge in [-0.3, -0.25) is 9.78 Å². The molecular formula is C21H27NO. The normalized spacial score (nSPS) is 21.2. The van der Waals surface area contributed by atoms with Crippen LogP contribution in [0.15, 0.2) is 36.5 Å². The van der Waals surface area contributed by atoms with E-state index < -0.39 is 0 Å². The minimum Gasteiger partial charge on any atom is -0.299 e. The number of para-hydroxylation sites is 1. The van der Waals surface area contributed by atoms with Gasteiger partial charge in [-0.15, -0.1) is 0 Å². The third-order valence-electron chi connectivity index (χ3n) is 5.36. The van der Waals surface area contributed by atoms with Crippen LogP contribution in [0.4, 0.5) is 0 Å². The topological polar surface area (TPSA) is 30.0 Å². The SMILES string of the molecule is CCCCCC1C(=O)CCC1CCc1cccc2cccnc12. The zero-order valence-electron chi connectivity index (χ0n) is 14.1. The number of unbranched alkanes of at least 4 members (excludes halogenated alkanes) is 2. The Kier molecular flexibility index (Phi) is 5.43. The number of carbonyl (C=O) groups excluding carboxylic acids is 1. The zero-order chi connectivity index (χ0) is 16.1. The van der Waals surface area contributed by atoms with Gasteiger partial charge in [0.05, 0.1) is 5.52 Å². The van der Waals surface area contributed by atoms with Crippen molar-refractivity contribution in [2.45, 2.75) is 58.3 Å². The molecular weight excluding hydrogens is 282 g/mol. The minimum atomic E-state index is 0.324. The molecule has 0 N–H and O–H groups in total. The number of aryl methyl sites for hydroxylation is 1. The summed E-state index contributed by atoms with van der Waals surface area (Å²) >= 11 is 0. The van der Waals surface area contributed by atoms with Crippen LogP contribution in [0.1, 0.15) is 57.4 Å². The summed E-state index contributed by atoms with van der Waals surface area (Å²) in [6.45, 7) is 2.22. The van der Waals surface area contributed by atoms with Crippen molar-refractivity contribution in [2.24, 2.45) is 11.8 Å². The first-order valence-electron chi connectivity index (χ1n) is 9.15. The first-order valence-corrected chi connectivity index (χ1v) is 9.15. The molecule has 2 unspecified atom stereocenters. The number of aromatic nitrogens is 1. The van der Waals surface area contributed by atoms with Crippen LogP contribution in [0.25, 0.3) is 10.9 Å². The molecule has 0 radical (unpaired) electrons. The van der Waals surface area contributed by atoms with Gasteiger partial charge in [0.25, 0.3) is 0 Å². The highest BCUT2D eigenvalue weighted by Gasteiger charge is 2.33. The Morgan fingerprint density at radius 3 is 2.87 bits per heavy atom. The highest BCUT2D eigenvalue weighted by molar-refractivity contribution is 5.83. The maximum atomic E-state index is 12.2. The van der Waals surface area contributed by atoms with E-state index in [4.69, 9.17) is 0 Å². The Bertz CT molecular complexity index is 658. The van der Waals surface area contributed by atoms with Gasteiger partial charge in [-0.2, -0.15) is 0 Å². The summed E-state index contributed by atoms with van der Waals surface area (Å²) in [7, 11) is 0. The number of rotatable bonds is 7. The number of pyridine rings is 1. The standard InChI is InChI=1S/C21H27NO/c1-2-3-4-10-19-16(13-14-20(19)23)11-12-18-8-5-7-17-9-6-15-22-21(17)18/h5-9,15-16,19H,2-4,10-14H2,1H3. The number of carbonyl (C=O) groups is 1. The maximum absolute atomic E-state index is 12.2. The fraction of sp³-hybridized carbons (Fsp3) is 0.524. The highest BCUT2D eigenvalue weighted by atomic mass is 16.1. The van der Waals surface area contributed by atoms with E-state index in [1.54, 1.807) is 0 Å². The molecule has 0 bridgehead atoms. The first-order chi connectivity index (χ1) is 11.3. The van der Waals surface area contributed by atoms with Crippen molar-refractivity contribution < 1.29 is 4.79 Å². The molecule has 0 saturated heterocycles. The molecule has 3 rings (SSSR count). The largest absolute Gasteiger partial charge is 0.299 e. The average Bonchev–Trinajstić information content (AvgIpc) is 2.93. The summed E-state index contributed by atoms with van der Waals surface area (Å²) < 4.78 is 0. The van der Waals surface area contributed by atoms with Crippen LogP contribution in [0.3, 0.4) is 0 Å². The molecule has 2 atom stereocenters. The van der Waals surface area contributed by atoms with Gasteiger partial charge in [0, 0.05) is 23.9 Å². The van der Waals surface area contributed by atoms with Crippen molar-refractivity contribution in [3.8, 4) is 0 Å². The predicted octanol–water partition coefficient (Wildman–Crippen LogP) is 5.34. The maximum Gasteiger partial charge on any atom is 0.136 e. The number of fused-ring (bicyclic) bond motifs is 1. The smallest absolute Gasteiger partial charge is 0.136 e. The third-order valence-corrected chi connectivity index (χ3v) is 5.36. The second kappa shape index (κ2) is 7.72. The fourth-order valence-corrected chi connectivity index (χ4v) is 4.04. The molecule has 1 aromatic heterocycles. The van der Waals surface area contributed by atoms with Gasteiger partial charge in [-0.05, 0) is 43.2 Å². The molecule has 0 aliphatic heterocycles. The lowest BCUT2D eigenvalue weighted by Crippen LogP contribution is -2.15. The van der Waals surface area contributed by atoms with E-state index in [0.717, 1.165) is 37.6 Å². The van der Waals surface area contributed by atoms with Gasteiger partial charge in [0.15, 0.2) is 0 Å². The van der Waals surface area contributed by atoms with E-state index in [0.29, 0.717) is 17.6 Å². The van der Waals surface area contributed by atoms with Gasteiger partial charge in [0.1, 0.15) is 5.78 Å². The molecule has 0 spiro atoms. The number of hydrogen-bond donors (Lipinski definition) is 0. The van der Waals surface area contributed by atoms with E-state index in [2.05, 4.69) is 36.2 Å². The monoisotopic (exact) mass is 309 g/mol. The summed E-state index contributed by atoms with van der Waals surface area (Å²) in [6, 6.07) is 10.6. The van der Waals surface area contributed by atoms with Crippen molar-refractivity contribution in [2.75, 3.05) is 0 Å². The Hall–Kier alpha value is -1.70. The fourth-order valence-electron chi connectivity index (χ4n) is 4.04. The van der Waals surface area contributed by atoms with Crippen molar-refractivity contribution in [3.05, 3.63) is 42.1 Å². The highest BCUT2D eigenvalue weighted by Crippen LogP contribution is 2.36. The summed E-state index contributed by atoms with van der Waals surface area (Å²) in [5.41, 5.74) is 2.46. The van der Waals surface area contributed by atoms with Crippen molar-refractivity contribution >= 4 is 16.7 Å². The van der Waals surface area contributed by atoms with Gasteiger partial charge in [-0.1, -0.05) is 50.5 Å². The number of nitrogens with zero attached hydrogens (tertiary/aromatic N) is 1. The van der Waals surface area contributed by atoms with Crippen LogP contribution < -0.4 is 0 Å². The molecule has 1 aliphatic carbocycles. The van der Waals surface area contributed by atoms with Gasteiger partial charge < -0.3 is 0 Å². The number of Topliss-reactive ketones (excluding diaryl/α,β-unsaturated/α-hetero) is 1. The first kappa shape index (κ1) is 16.2. The van der Waals surface area contributed by atoms with Crippen molar-refractivity contribution in [1.29, 1.82) is 0 Å². The van der Waals surface area contributed by atoms with Crippen molar-refractivity contribution in [1.82, 2.24) is 4.98 Å². The number of hydrogen-bond acceptors (Lipinski definition) is 2. The van der Waals surface area contributed by atoms with E-state index in [9.17, 15) is 4.79 Å². The second-order valence-electron chi connectivity index (χ2n) is 6.90. The molecule has 1 saturated carbocycles. The number of benzene rings is 1. The lowest BCUT2D eigenvalue weighted by molar-refractivity contribution is -0.121. The molecule has 1 aliphatic rings. The van der Waals surface area contributed by atoms with Gasteiger partial charge in [0.2, 0.25) is 0 Å². The molecule has 2 heteroatoms. The molecule has 0 amide bonds. The average molecular weight is 309 g/mol. The molecule has 2 nitrogen and oxygen atoms in total. The summed E-state index contributed by atoms with van der Waals surface area (Å²) in [5, 5.41) is 1.21. The lowest BCUT2D eigenvalue weighted by atomic mass is 9.86. The summed E-state index contributed by atoms with van der Waals surface area (Å²) in [5.74, 6) is 1.42. The van der Waals surface area contributed by atoms with E-state index in [1.165, 1.54) is 30.2 Å². The van der Waals surface area contributed by atoms with Crippen LogP contribution >= 0.6 is 0 Å². The zero-order valence-corrected chi connectivity index (χ0v) is 14.1. The quantitative estimate of drug-likeness (QED) is 0.646. The van der Waals surface area contributed by atoms with Gasteiger partial charge >= 0.3 is 0 Å². The van der Waals surface area contributed by atoms with E-state index in [-0.39, 0.29) is 0 Å². The van der Waals surface area contributed by atoms with Crippen LogP contribution in [0, 0.1) is 11.8 Å². The predicted molar refractivity (Wildman–Crippen MR) is 95.4 cm³/mol. The third kappa shape index (κ3) is 3.80. The molecule has 1 heterocycles. The van der Waals surface area contributed by atoms with Gasteiger partial charge in [-0.25, -0.2) is 0 Å². The van der Waals surface area contributed by atoms with E-state index in [1.807, 2.05) is 12.3 Å². The molecule has 1 fully saturated rings. The molecule has 1 aromatic carbocycles. The molecule has 2 aromatic rings. The molecule has 122 valence electrons. The summed E-state index contributed by atoms with van der Waals surface area (Å²) in [6.07, 6.45) is 10.7. The molecule has 23 heavy (non-hydrogen) atoms. The van der Waals surface area contributed by atoms with Crippen LogP contribution in [-0.2, 0) is 11.2 Å². The van der Waals surface area contributed by atoms with E-state index >= 15 is 0 Å².